The molecule has 1 saturated carbocycles. The molecular weight excluding hydrogens is 358 g/mol. The number of aromatic amines is 1. The Balaban J connectivity index is 1.30. The van der Waals surface area contributed by atoms with E-state index in [9.17, 15) is 14.4 Å². The number of rotatable bonds is 4. The molecule has 1 aromatic carbocycles. The van der Waals surface area contributed by atoms with Crippen LogP contribution in [-0.4, -0.2) is 70.9 Å². The van der Waals surface area contributed by atoms with Crippen molar-refractivity contribution < 1.29 is 14.4 Å². The highest BCUT2D eigenvalue weighted by Crippen LogP contribution is 2.20. The summed E-state index contributed by atoms with van der Waals surface area (Å²) in [6.45, 7) is 3.50. The first kappa shape index (κ1) is 18.3. The van der Waals surface area contributed by atoms with Crippen LogP contribution >= 0.6 is 0 Å². The van der Waals surface area contributed by atoms with E-state index in [1.165, 1.54) is 0 Å². The Morgan fingerprint density at radius 2 is 1.75 bits per heavy atom. The lowest BCUT2D eigenvalue weighted by Crippen LogP contribution is -2.56. The molecule has 1 aromatic heterocycles. The maximum atomic E-state index is 12.9. The molecule has 0 bridgehead atoms. The zero-order chi connectivity index (χ0) is 19.7. The van der Waals surface area contributed by atoms with E-state index in [1.54, 1.807) is 22.9 Å². The van der Waals surface area contributed by atoms with E-state index in [4.69, 9.17) is 0 Å². The van der Waals surface area contributed by atoms with E-state index in [-0.39, 0.29) is 23.9 Å². The van der Waals surface area contributed by atoms with Gasteiger partial charge in [0.25, 0.3) is 5.91 Å². The lowest BCUT2D eigenvalue weighted by Gasteiger charge is -2.35. The van der Waals surface area contributed by atoms with E-state index >= 15 is 0 Å². The Bertz CT molecular complexity index is 896. The van der Waals surface area contributed by atoms with Crippen molar-refractivity contribution in [3.8, 4) is 0 Å². The Kier molecular flexibility index (Phi) is 4.93. The van der Waals surface area contributed by atoms with Crippen LogP contribution in [0.4, 0.5) is 4.79 Å². The van der Waals surface area contributed by atoms with E-state index < -0.39 is 6.04 Å². The van der Waals surface area contributed by atoms with E-state index in [2.05, 4.69) is 15.6 Å². The van der Waals surface area contributed by atoms with Crippen molar-refractivity contribution in [2.24, 2.45) is 0 Å². The molecule has 2 aromatic rings. The van der Waals surface area contributed by atoms with Gasteiger partial charge in [-0.1, -0.05) is 18.2 Å². The third kappa shape index (κ3) is 3.81. The lowest BCUT2D eigenvalue weighted by atomic mass is 10.1. The minimum Gasteiger partial charge on any atom is -0.360 e. The normalized spacial score (nSPS) is 18.0. The summed E-state index contributed by atoms with van der Waals surface area (Å²) in [5, 5.41) is 6.54. The number of amides is 4. The van der Waals surface area contributed by atoms with Gasteiger partial charge in [0.15, 0.2) is 0 Å². The van der Waals surface area contributed by atoms with Crippen LogP contribution in [0.15, 0.2) is 30.5 Å². The maximum absolute atomic E-state index is 12.9. The molecule has 8 nitrogen and oxygen atoms in total. The maximum Gasteiger partial charge on any atom is 0.318 e. The molecule has 4 amide bonds. The van der Waals surface area contributed by atoms with Gasteiger partial charge in [-0.15, -0.1) is 0 Å². The van der Waals surface area contributed by atoms with Gasteiger partial charge in [-0.25, -0.2) is 4.79 Å². The molecule has 2 aliphatic rings. The molecule has 4 rings (SSSR count). The summed E-state index contributed by atoms with van der Waals surface area (Å²) >= 11 is 0. The lowest BCUT2D eigenvalue weighted by molar-refractivity contribution is -0.122. The number of nitrogens with one attached hydrogen (secondary N) is 3. The molecule has 3 N–H and O–H groups in total. The minimum absolute atomic E-state index is 0.0327. The number of benzene rings is 1. The van der Waals surface area contributed by atoms with Gasteiger partial charge in [0.05, 0.1) is 5.56 Å². The highest BCUT2D eigenvalue weighted by atomic mass is 16.2. The summed E-state index contributed by atoms with van der Waals surface area (Å²) in [6.07, 6.45) is 3.77. The highest BCUT2D eigenvalue weighted by molar-refractivity contribution is 6.06. The van der Waals surface area contributed by atoms with Gasteiger partial charge in [0.2, 0.25) is 5.91 Å². The number of piperazine rings is 1. The third-order valence-corrected chi connectivity index (χ3v) is 5.33. The molecule has 0 spiro atoms. The number of fused-ring (bicyclic) bond motifs is 1. The molecule has 1 atom stereocenters. The van der Waals surface area contributed by atoms with Gasteiger partial charge >= 0.3 is 6.03 Å². The van der Waals surface area contributed by atoms with Crippen molar-refractivity contribution in [3.63, 3.8) is 0 Å². The summed E-state index contributed by atoms with van der Waals surface area (Å²) in [7, 11) is 0. The minimum atomic E-state index is -0.570. The van der Waals surface area contributed by atoms with Crippen LogP contribution in [0.1, 0.15) is 30.1 Å². The van der Waals surface area contributed by atoms with E-state index in [1.807, 2.05) is 24.3 Å². The van der Waals surface area contributed by atoms with Crippen LogP contribution in [-0.2, 0) is 4.79 Å². The molecule has 8 heteroatoms. The largest absolute Gasteiger partial charge is 0.360 e. The molecule has 1 aliphatic carbocycles. The zero-order valence-electron chi connectivity index (χ0n) is 15.9. The topological polar surface area (TPSA) is 97.5 Å². The summed E-state index contributed by atoms with van der Waals surface area (Å²) in [5.41, 5.74) is 1.58. The van der Waals surface area contributed by atoms with Crippen molar-refractivity contribution in [2.45, 2.75) is 31.8 Å². The average molecular weight is 383 g/mol. The Morgan fingerprint density at radius 1 is 1.07 bits per heavy atom. The number of carbonyl (C=O) groups excluding carboxylic acids is 3. The Morgan fingerprint density at radius 3 is 2.46 bits per heavy atom. The first-order valence-corrected chi connectivity index (χ1v) is 9.74. The zero-order valence-corrected chi connectivity index (χ0v) is 15.9. The number of para-hydroxylation sites is 1. The molecular formula is C20H25N5O3. The van der Waals surface area contributed by atoms with Crippen molar-refractivity contribution in [1.82, 2.24) is 25.4 Å². The average Bonchev–Trinajstić information content (AvgIpc) is 3.42. The predicted octanol–water partition coefficient (Wildman–Crippen LogP) is 1.30. The summed E-state index contributed by atoms with van der Waals surface area (Å²) in [4.78, 5) is 43.8. The van der Waals surface area contributed by atoms with Crippen LogP contribution in [0, 0.1) is 0 Å². The van der Waals surface area contributed by atoms with Crippen molar-refractivity contribution in [2.75, 3.05) is 26.2 Å². The highest BCUT2D eigenvalue weighted by Gasteiger charge is 2.29. The van der Waals surface area contributed by atoms with Crippen LogP contribution in [0.2, 0.25) is 0 Å². The number of carbonyl (C=O) groups is 3. The molecule has 0 unspecified atom stereocenters. The number of H-pyrrole nitrogens is 1. The van der Waals surface area contributed by atoms with Crippen LogP contribution in [0.3, 0.4) is 0 Å². The van der Waals surface area contributed by atoms with Crippen LogP contribution in [0.5, 0.6) is 0 Å². The molecule has 1 saturated heterocycles. The fourth-order valence-corrected chi connectivity index (χ4v) is 3.43. The predicted molar refractivity (Wildman–Crippen MR) is 105 cm³/mol. The second-order valence-corrected chi connectivity index (χ2v) is 7.48. The number of hydrogen-bond acceptors (Lipinski definition) is 3. The monoisotopic (exact) mass is 383 g/mol. The van der Waals surface area contributed by atoms with Gasteiger partial charge in [0, 0.05) is 49.3 Å². The SMILES string of the molecule is C[C@@H](NC(=O)N1CCN(C(=O)c2c[nH]c3ccccc23)CC1)C(=O)NC1CC1. The summed E-state index contributed by atoms with van der Waals surface area (Å²) in [6, 6.07) is 7.14. The molecule has 28 heavy (non-hydrogen) atoms. The molecule has 1 aliphatic heterocycles. The molecule has 148 valence electrons. The standard InChI is InChI=1S/C20H25N5O3/c1-13(18(26)23-14-6-7-14)22-20(28)25-10-8-24(9-11-25)19(27)16-12-21-17-5-3-2-4-15(16)17/h2-5,12-14,21H,6-11H2,1H3,(H,22,28)(H,23,26)/t13-/m1/s1. The molecule has 2 heterocycles. The molecule has 2 fully saturated rings. The second-order valence-electron chi connectivity index (χ2n) is 7.48. The Labute approximate surface area is 163 Å². The smallest absolute Gasteiger partial charge is 0.318 e. The quantitative estimate of drug-likeness (QED) is 0.742. The van der Waals surface area contributed by atoms with Gasteiger partial charge in [0.1, 0.15) is 6.04 Å². The fraction of sp³-hybridized carbons (Fsp3) is 0.450. The Hall–Kier alpha value is -3.03. The second kappa shape index (κ2) is 7.53. The van der Waals surface area contributed by atoms with E-state index in [0.717, 1.165) is 23.7 Å². The summed E-state index contributed by atoms with van der Waals surface area (Å²) in [5.74, 6) is -0.182. The van der Waals surface area contributed by atoms with E-state index in [0.29, 0.717) is 31.7 Å². The fourth-order valence-electron chi connectivity index (χ4n) is 3.43. The van der Waals surface area contributed by atoms with Gasteiger partial charge < -0.3 is 25.4 Å². The van der Waals surface area contributed by atoms with Crippen molar-refractivity contribution in [1.29, 1.82) is 0 Å². The van der Waals surface area contributed by atoms with Crippen molar-refractivity contribution >= 4 is 28.7 Å². The van der Waals surface area contributed by atoms with Gasteiger partial charge in [-0.2, -0.15) is 0 Å². The van der Waals surface area contributed by atoms with Crippen molar-refractivity contribution in [3.05, 3.63) is 36.0 Å². The third-order valence-electron chi connectivity index (χ3n) is 5.33. The number of hydrogen-bond donors (Lipinski definition) is 3. The number of nitrogens with zero attached hydrogens (tertiary/aromatic N) is 2. The van der Waals surface area contributed by atoms with Crippen LogP contribution in [0.25, 0.3) is 10.9 Å². The summed E-state index contributed by atoms with van der Waals surface area (Å²) < 4.78 is 0. The number of aromatic nitrogens is 1. The van der Waals surface area contributed by atoms with Crippen LogP contribution < -0.4 is 10.6 Å². The van der Waals surface area contributed by atoms with Gasteiger partial charge in [-0.3, -0.25) is 9.59 Å². The molecule has 0 radical (unpaired) electrons. The number of urea groups is 1. The first-order chi connectivity index (χ1) is 13.5. The first-order valence-electron chi connectivity index (χ1n) is 9.74. The van der Waals surface area contributed by atoms with Gasteiger partial charge in [-0.05, 0) is 25.8 Å².